The van der Waals surface area contributed by atoms with Crippen LogP contribution in [0.2, 0.25) is 0 Å². The predicted molar refractivity (Wildman–Crippen MR) is 114 cm³/mol. The molecule has 5 nitrogen and oxygen atoms in total. The lowest BCUT2D eigenvalue weighted by Gasteiger charge is -2.18. The molecule has 0 unspecified atom stereocenters. The van der Waals surface area contributed by atoms with Gasteiger partial charge < -0.3 is 10.1 Å². The van der Waals surface area contributed by atoms with Gasteiger partial charge in [-0.25, -0.2) is 4.90 Å². The van der Waals surface area contributed by atoms with Crippen molar-refractivity contribution in [1.82, 2.24) is 0 Å². The number of amides is 2. The first kappa shape index (κ1) is 21.2. The average Bonchev–Trinajstić information content (AvgIpc) is 3.03. The van der Waals surface area contributed by atoms with Gasteiger partial charge in [0.05, 0.1) is 23.9 Å². The highest BCUT2D eigenvalue weighted by Gasteiger charge is 2.41. The number of hydrogen-bond donors (Lipinski definition) is 1. The number of carbonyl (C=O) groups is 2. The van der Waals surface area contributed by atoms with Crippen LogP contribution in [-0.4, -0.2) is 18.9 Å². The number of nitrogens with zero attached hydrogens (tertiary/aromatic N) is 1. The molecule has 1 aliphatic heterocycles. The number of carbonyl (C=O) groups excluding carboxylic acids is 2. The molecule has 0 radical (unpaired) electrons. The minimum absolute atomic E-state index is 0.0336. The smallest absolute Gasteiger partial charge is 0.416 e. The minimum atomic E-state index is -4.55. The van der Waals surface area contributed by atoms with Gasteiger partial charge >= 0.3 is 6.18 Å². The maximum atomic E-state index is 13.4. The van der Waals surface area contributed by atoms with E-state index in [-0.39, 0.29) is 22.6 Å². The fraction of sp³-hybridized carbons (Fsp3) is 0.0833. The van der Waals surface area contributed by atoms with Crippen LogP contribution < -0.4 is 15.0 Å². The van der Waals surface area contributed by atoms with Crippen LogP contribution in [0.25, 0.3) is 5.57 Å². The summed E-state index contributed by atoms with van der Waals surface area (Å²) in [6, 6.07) is 19.4. The van der Waals surface area contributed by atoms with Crippen LogP contribution in [0, 0.1) is 0 Å². The van der Waals surface area contributed by atoms with E-state index in [1.54, 1.807) is 54.6 Å². The third-order valence-corrected chi connectivity index (χ3v) is 4.93. The first-order valence-electron chi connectivity index (χ1n) is 9.57. The number of imide groups is 1. The monoisotopic (exact) mass is 438 g/mol. The van der Waals surface area contributed by atoms with Gasteiger partial charge in [-0.1, -0.05) is 48.5 Å². The Balaban J connectivity index is 1.82. The van der Waals surface area contributed by atoms with Gasteiger partial charge in [0.2, 0.25) is 0 Å². The van der Waals surface area contributed by atoms with Crippen molar-refractivity contribution in [3.05, 3.63) is 95.7 Å². The summed E-state index contributed by atoms with van der Waals surface area (Å²) in [5.74, 6) is -1.00. The Labute approximate surface area is 181 Å². The first-order chi connectivity index (χ1) is 15.3. The van der Waals surface area contributed by atoms with Gasteiger partial charge in [-0.15, -0.1) is 0 Å². The highest BCUT2D eigenvalue weighted by molar-refractivity contribution is 6.46. The van der Waals surface area contributed by atoms with Crippen LogP contribution in [0.1, 0.15) is 11.1 Å². The zero-order chi connectivity index (χ0) is 22.9. The standard InChI is InChI=1S/C24H17F3N2O3/c1-32-19-13-6-5-12-18(19)29-22(30)20(15-8-3-2-4-9-15)21(23(29)31)28-17-11-7-10-16(14-17)24(25,26)27/h2-14,28H,1H3. The zero-order valence-corrected chi connectivity index (χ0v) is 16.8. The van der Waals surface area contributed by atoms with Gasteiger partial charge in [-0.3, -0.25) is 9.59 Å². The fourth-order valence-electron chi connectivity index (χ4n) is 3.47. The maximum Gasteiger partial charge on any atom is 0.416 e. The molecule has 0 saturated carbocycles. The number of nitrogens with one attached hydrogen (secondary N) is 1. The summed E-state index contributed by atoms with van der Waals surface area (Å²) in [6.45, 7) is 0. The van der Waals surface area contributed by atoms with Crippen LogP contribution >= 0.6 is 0 Å². The van der Waals surface area contributed by atoms with Crippen molar-refractivity contribution in [3.63, 3.8) is 0 Å². The molecular formula is C24H17F3N2O3. The molecule has 162 valence electrons. The largest absolute Gasteiger partial charge is 0.495 e. The first-order valence-corrected chi connectivity index (χ1v) is 9.57. The molecule has 1 heterocycles. The quantitative estimate of drug-likeness (QED) is 0.563. The van der Waals surface area contributed by atoms with Crippen molar-refractivity contribution < 1.29 is 27.5 Å². The maximum absolute atomic E-state index is 13.4. The Morgan fingerprint density at radius 3 is 2.22 bits per heavy atom. The van der Waals surface area contributed by atoms with Crippen molar-refractivity contribution in [2.45, 2.75) is 6.18 Å². The molecule has 0 saturated heterocycles. The molecule has 8 heteroatoms. The van der Waals surface area contributed by atoms with E-state index in [9.17, 15) is 22.8 Å². The Morgan fingerprint density at radius 1 is 0.844 bits per heavy atom. The summed E-state index contributed by atoms with van der Waals surface area (Å²) in [6.07, 6.45) is -4.55. The molecule has 0 fully saturated rings. The molecule has 0 bridgehead atoms. The summed E-state index contributed by atoms with van der Waals surface area (Å²) in [4.78, 5) is 27.7. The van der Waals surface area contributed by atoms with Crippen LogP contribution in [-0.2, 0) is 15.8 Å². The fourth-order valence-corrected chi connectivity index (χ4v) is 3.47. The molecule has 0 aromatic heterocycles. The van der Waals surface area contributed by atoms with Gasteiger partial charge in [0, 0.05) is 5.69 Å². The van der Waals surface area contributed by atoms with E-state index in [2.05, 4.69) is 5.32 Å². The van der Waals surface area contributed by atoms with E-state index in [1.807, 2.05) is 0 Å². The van der Waals surface area contributed by atoms with E-state index in [1.165, 1.54) is 19.2 Å². The zero-order valence-electron chi connectivity index (χ0n) is 16.8. The van der Waals surface area contributed by atoms with Crippen molar-refractivity contribution in [3.8, 4) is 5.75 Å². The topological polar surface area (TPSA) is 58.6 Å². The number of benzene rings is 3. The second kappa shape index (κ2) is 8.22. The number of methoxy groups -OCH3 is 1. The third-order valence-electron chi connectivity index (χ3n) is 4.93. The van der Waals surface area contributed by atoms with Gasteiger partial charge in [-0.05, 0) is 35.9 Å². The number of rotatable bonds is 5. The van der Waals surface area contributed by atoms with Crippen LogP contribution in [0.4, 0.5) is 24.5 Å². The second-order valence-electron chi connectivity index (χ2n) is 6.94. The Bertz CT molecular complexity index is 1220. The van der Waals surface area contributed by atoms with Gasteiger partial charge in [0.1, 0.15) is 11.4 Å². The summed E-state index contributed by atoms with van der Waals surface area (Å²) >= 11 is 0. The SMILES string of the molecule is COc1ccccc1N1C(=O)C(Nc2cccc(C(F)(F)F)c2)=C(c2ccccc2)C1=O. The summed E-state index contributed by atoms with van der Waals surface area (Å²) in [5.41, 5.74) is -0.212. The molecular weight excluding hydrogens is 421 g/mol. The van der Waals surface area contributed by atoms with Gasteiger partial charge in [-0.2, -0.15) is 13.2 Å². The van der Waals surface area contributed by atoms with E-state index >= 15 is 0 Å². The van der Waals surface area contributed by atoms with Crippen LogP contribution in [0.15, 0.2) is 84.6 Å². The molecule has 1 aliphatic rings. The molecule has 0 atom stereocenters. The summed E-state index contributed by atoms with van der Waals surface area (Å²) < 4.78 is 44.7. The van der Waals surface area contributed by atoms with E-state index in [0.717, 1.165) is 17.0 Å². The second-order valence-corrected chi connectivity index (χ2v) is 6.94. The van der Waals surface area contributed by atoms with E-state index in [4.69, 9.17) is 4.74 Å². The number of para-hydroxylation sites is 2. The Kier molecular flexibility index (Phi) is 5.44. The molecule has 0 aliphatic carbocycles. The minimum Gasteiger partial charge on any atom is -0.495 e. The lowest BCUT2D eigenvalue weighted by Crippen LogP contribution is -2.32. The summed E-state index contributed by atoms with van der Waals surface area (Å²) in [5, 5.41) is 2.75. The van der Waals surface area contributed by atoms with Gasteiger partial charge in [0.15, 0.2) is 0 Å². The van der Waals surface area contributed by atoms with E-state index < -0.39 is 23.6 Å². The van der Waals surface area contributed by atoms with Crippen molar-refractivity contribution >= 4 is 28.8 Å². The number of ether oxygens (including phenoxy) is 1. The average molecular weight is 438 g/mol. The van der Waals surface area contributed by atoms with Crippen LogP contribution in [0.5, 0.6) is 5.75 Å². The molecule has 2 amide bonds. The van der Waals surface area contributed by atoms with Gasteiger partial charge in [0.25, 0.3) is 11.8 Å². The highest BCUT2D eigenvalue weighted by atomic mass is 19.4. The van der Waals surface area contributed by atoms with E-state index in [0.29, 0.717) is 11.3 Å². The Hall–Kier alpha value is -4.07. The lowest BCUT2D eigenvalue weighted by molar-refractivity contribution is -0.137. The number of anilines is 2. The molecule has 4 rings (SSSR count). The molecule has 3 aromatic rings. The third kappa shape index (κ3) is 3.82. The molecule has 1 N–H and O–H groups in total. The number of alkyl halides is 3. The molecule has 32 heavy (non-hydrogen) atoms. The van der Waals surface area contributed by atoms with Crippen molar-refractivity contribution in [1.29, 1.82) is 0 Å². The Morgan fingerprint density at radius 2 is 1.53 bits per heavy atom. The molecule has 0 spiro atoms. The predicted octanol–water partition coefficient (Wildman–Crippen LogP) is 5.11. The highest BCUT2D eigenvalue weighted by Crippen LogP contribution is 2.38. The number of halogens is 3. The van der Waals surface area contributed by atoms with Crippen molar-refractivity contribution in [2.75, 3.05) is 17.3 Å². The van der Waals surface area contributed by atoms with Crippen molar-refractivity contribution in [2.24, 2.45) is 0 Å². The lowest BCUT2D eigenvalue weighted by atomic mass is 10.0. The molecule has 3 aromatic carbocycles. The summed E-state index contributed by atoms with van der Waals surface area (Å²) in [7, 11) is 1.41. The normalized spacial score (nSPS) is 14.2. The number of hydrogen-bond acceptors (Lipinski definition) is 4. The van der Waals surface area contributed by atoms with Crippen LogP contribution in [0.3, 0.4) is 0 Å².